The Morgan fingerprint density at radius 1 is 1.86 bits per heavy atom. The summed E-state index contributed by atoms with van der Waals surface area (Å²) in [5, 5.41) is 0. The highest BCUT2D eigenvalue weighted by molar-refractivity contribution is 6.24. The van der Waals surface area contributed by atoms with Crippen LogP contribution in [0.4, 0.5) is 0 Å². The molecule has 0 fully saturated rings. The summed E-state index contributed by atoms with van der Waals surface area (Å²) >= 11 is 0. The van der Waals surface area contributed by atoms with E-state index < -0.39 is 0 Å². The van der Waals surface area contributed by atoms with Crippen LogP contribution in [0.25, 0.3) is 0 Å². The van der Waals surface area contributed by atoms with Crippen LogP contribution in [0.5, 0.6) is 0 Å². The van der Waals surface area contributed by atoms with E-state index in [1.54, 1.807) is 7.48 Å². The minimum Gasteiger partial charge on any atom is -0.439 e. The van der Waals surface area contributed by atoms with Gasteiger partial charge in [0, 0.05) is 12.6 Å². The Labute approximate surface area is 45.3 Å². The molecule has 0 saturated heterocycles. The molecule has 0 aliphatic heterocycles. The van der Waals surface area contributed by atoms with Crippen molar-refractivity contribution in [2.24, 2.45) is 5.73 Å². The first-order valence-electron chi connectivity index (χ1n) is 2.42. The van der Waals surface area contributed by atoms with Gasteiger partial charge in [0.1, 0.15) is 0 Å². The molecule has 3 heteroatoms. The second-order valence-corrected chi connectivity index (χ2v) is 1.55. The van der Waals surface area contributed by atoms with Crippen LogP contribution in [0, 0.1) is 0 Å². The predicted octanol–water partition coefficient (Wildman–Crippen LogP) is 0.0175. The summed E-state index contributed by atoms with van der Waals surface area (Å²) in [6.07, 6.45) is 0. The van der Waals surface area contributed by atoms with E-state index in [1.807, 2.05) is 13.7 Å². The Kier molecular flexibility index (Phi) is 4.14. The summed E-state index contributed by atoms with van der Waals surface area (Å²) in [5.41, 5.74) is 5.33. The SMILES string of the molecule is C[B]OCC(C)N. The average Bonchev–Trinajstić information content (AvgIpc) is 1.61. The molecule has 0 aliphatic carbocycles. The highest BCUT2D eigenvalue weighted by atomic mass is 16.4. The molecule has 0 aromatic carbocycles. The topological polar surface area (TPSA) is 35.2 Å². The lowest BCUT2D eigenvalue weighted by Crippen LogP contribution is -2.22. The summed E-state index contributed by atoms with van der Waals surface area (Å²) < 4.78 is 4.84. The van der Waals surface area contributed by atoms with Gasteiger partial charge in [-0.15, -0.1) is 0 Å². The Bertz CT molecular complexity index is 40.7. The molecule has 0 aromatic heterocycles. The minimum absolute atomic E-state index is 0.149. The Hall–Kier alpha value is -0.0151. The van der Waals surface area contributed by atoms with Crippen molar-refractivity contribution in [2.75, 3.05) is 6.61 Å². The quantitative estimate of drug-likeness (QED) is 0.507. The van der Waals surface area contributed by atoms with Gasteiger partial charge in [-0.05, 0) is 6.92 Å². The van der Waals surface area contributed by atoms with Gasteiger partial charge < -0.3 is 10.4 Å². The number of hydrogen-bond donors (Lipinski definition) is 1. The van der Waals surface area contributed by atoms with Crippen LogP contribution in [0.2, 0.25) is 6.82 Å². The highest BCUT2D eigenvalue weighted by Gasteiger charge is 1.89. The van der Waals surface area contributed by atoms with Crippen LogP contribution < -0.4 is 5.73 Å². The van der Waals surface area contributed by atoms with E-state index in [0.717, 1.165) is 0 Å². The maximum Gasteiger partial charge on any atom is 0.289 e. The van der Waals surface area contributed by atoms with Crippen LogP contribution in [-0.2, 0) is 4.65 Å². The average molecular weight is 100.0 g/mol. The maximum absolute atomic E-state index is 5.33. The van der Waals surface area contributed by atoms with Crippen molar-refractivity contribution in [1.29, 1.82) is 0 Å². The molecule has 0 rings (SSSR count). The fourth-order valence-corrected chi connectivity index (χ4v) is 0.248. The fourth-order valence-electron chi connectivity index (χ4n) is 0.248. The van der Waals surface area contributed by atoms with Crippen molar-refractivity contribution in [3.63, 3.8) is 0 Å². The predicted molar refractivity (Wildman–Crippen MR) is 31.2 cm³/mol. The Morgan fingerprint density at radius 2 is 2.43 bits per heavy atom. The van der Waals surface area contributed by atoms with Crippen molar-refractivity contribution in [1.82, 2.24) is 0 Å². The van der Waals surface area contributed by atoms with E-state index in [9.17, 15) is 0 Å². The molecule has 0 amide bonds. The third-order valence-electron chi connectivity index (χ3n) is 0.526. The third-order valence-corrected chi connectivity index (χ3v) is 0.526. The number of nitrogens with two attached hydrogens (primary N) is 1. The van der Waals surface area contributed by atoms with Gasteiger partial charge in [-0.2, -0.15) is 0 Å². The van der Waals surface area contributed by atoms with Crippen molar-refractivity contribution < 1.29 is 4.65 Å². The summed E-state index contributed by atoms with van der Waals surface area (Å²) in [7, 11) is 1.64. The van der Waals surface area contributed by atoms with Gasteiger partial charge in [-0.3, -0.25) is 0 Å². The van der Waals surface area contributed by atoms with Gasteiger partial charge in [0.05, 0.1) is 0 Å². The molecule has 7 heavy (non-hydrogen) atoms. The zero-order valence-corrected chi connectivity index (χ0v) is 4.85. The molecule has 41 valence electrons. The van der Waals surface area contributed by atoms with Gasteiger partial charge in [-0.25, -0.2) is 0 Å². The van der Waals surface area contributed by atoms with Crippen LogP contribution in [0.15, 0.2) is 0 Å². The van der Waals surface area contributed by atoms with Crippen LogP contribution >= 0.6 is 0 Å². The largest absolute Gasteiger partial charge is 0.439 e. The summed E-state index contributed by atoms with van der Waals surface area (Å²) in [6, 6.07) is 0.149. The lowest BCUT2D eigenvalue weighted by molar-refractivity contribution is 0.314. The van der Waals surface area contributed by atoms with Gasteiger partial charge in [0.25, 0.3) is 7.48 Å². The molecule has 1 unspecified atom stereocenters. The first-order valence-corrected chi connectivity index (χ1v) is 2.42. The first-order chi connectivity index (χ1) is 3.27. The molecule has 0 bridgehead atoms. The van der Waals surface area contributed by atoms with Crippen molar-refractivity contribution in [2.45, 2.75) is 19.8 Å². The normalized spacial score (nSPS) is 13.6. The van der Waals surface area contributed by atoms with Crippen LogP contribution in [-0.4, -0.2) is 20.1 Å². The zero-order chi connectivity index (χ0) is 5.70. The molecular formula is C4H11BNO. The van der Waals surface area contributed by atoms with E-state index in [0.29, 0.717) is 6.61 Å². The lowest BCUT2D eigenvalue weighted by atomic mass is 10.1. The maximum atomic E-state index is 5.33. The van der Waals surface area contributed by atoms with E-state index in [2.05, 4.69) is 0 Å². The van der Waals surface area contributed by atoms with Gasteiger partial charge in [0.2, 0.25) is 0 Å². The van der Waals surface area contributed by atoms with Crippen LogP contribution in [0.3, 0.4) is 0 Å². The lowest BCUT2D eigenvalue weighted by Gasteiger charge is -2.01. The molecule has 1 radical (unpaired) electrons. The van der Waals surface area contributed by atoms with Crippen molar-refractivity contribution in [3.8, 4) is 0 Å². The second-order valence-electron chi connectivity index (χ2n) is 1.55. The molecule has 0 spiro atoms. The van der Waals surface area contributed by atoms with Gasteiger partial charge >= 0.3 is 0 Å². The van der Waals surface area contributed by atoms with E-state index in [4.69, 9.17) is 10.4 Å². The van der Waals surface area contributed by atoms with E-state index in [-0.39, 0.29) is 6.04 Å². The summed E-state index contributed by atoms with van der Waals surface area (Å²) in [4.78, 5) is 0. The molecule has 0 aromatic rings. The van der Waals surface area contributed by atoms with Crippen molar-refractivity contribution in [3.05, 3.63) is 0 Å². The molecule has 2 N–H and O–H groups in total. The van der Waals surface area contributed by atoms with Crippen molar-refractivity contribution >= 4 is 7.48 Å². The third kappa shape index (κ3) is 5.98. The molecule has 2 nitrogen and oxygen atoms in total. The highest BCUT2D eigenvalue weighted by Crippen LogP contribution is 1.74. The summed E-state index contributed by atoms with van der Waals surface area (Å²) in [5.74, 6) is 0. The first kappa shape index (κ1) is 6.98. The Balaban J connectivity index is 2.68. The second kappa shape index (κ2) is 4.15. The van der Waals surface area contributed by atoms with E-state index >= 15 is 0 Å². The smallest absolute Gasteiger partial charge is 0.289 e. The molecule has 0 saturated carbocycles. The monoisotopic (exact) mass is 100 g/mol. The zero-order valence-electron chi connectivity index (χ0n) is 4.85. The van der Waals surface area contributed by atoms with Gasteiger partial charge in [0.15, 0.2) is 0 Å². The Morgan fingerprint density at radius 3 is 2.57 bits per heavy atom. The number of rotatable bonds is 3. The minimum atomic E-state index is 0.149. The molecule has 1 atom stereocenters. The standard InChI is InChI=1S/C4H11BNO/c1-4(6)3-7-5-2/h4H,3,6H2,1-2H3. The molecular weight excluding hydrogens is 88.9 g/mol. The fraction of sp³-hybridized carbons (Fsp3) is 1.00. The number of hydrogen-bond acceptors (Lipinski definition) is 2. The van der Waals surface area contributed by atoms with E-state index in [1.165, 1.54) is 0 Å². The molecule has 0 heterocycles. The van der Waals surface area contributed by atoms with Crippen LogP contribution in [0.1, 0.15) is 6.92 Å². The summed E-state index contributed by atoms with van der Waals surface area (Å²) in [6.45, 7) is 4.36. The van der Waals surface area contributed by atoms with Gasteiger partial charge in [-0.1, -0.05) is 6.82 Å². The molecule has 0 aliphatic rings.